The van der Waals surface area contributed by atoms with Gasteiger partial charge in [-0.3, -0.25) is 4.40 Å². The number of nitrogens with one attached hydrogen (secondary N) is 1. The lowest BCUT2D eigenvalue weighted by Gasteiger charge is -2.36. The molecule has 156 valence electrons. The van der Waals surface area contributed by atoms with Gasteiger partial charge < -0.3 is 10.2 Å². The van der Waals surface area contributed by atoms with Crippen LogP contribution in [0.5, 0.6) is 0 Å². The summed E-state index contributed by atoms with van der Waals surface area (Å²) in [5.74, 6) is 0.867. The van der Waals surface area contributed by atoms with Crippen molar-refractivity contribution < 1.29 is 4.39 Å². The number of fused-ring (bicyclic) bond motifs is 1. The highest BCUT2D eigenvalue weighted by Crippen LogP contribution is 2.24. The summed E-state index contributed by atoms with van der Waals surface area (Å²) < 4.78 is 15.4. The number of nitrogens with zero attached hydrogens (tertiary/aromatic N) is 7. The smallest absolute Gasteiger partial charge is 0.180 e. The summed E-state index contributed by atoms with van der Waals surface area (Å²) in [6.45, 7) is 5.96. The van der Waals surface area contributed by atoms with E-state index < -0.39 is 0 Å². The maximum absolute atomic E-state index is 13.7. The molecule has 4 aromatic rings. The molecule has 5 rings (SSSR count). The molecule has 0 unspecified atom stereocenters. The van der Waals surface area contributed by atoms with Gasteiger partial charge in [0.2, 0.25) is 0 Å². The van der Waals surface area contributed by atoms with Gasteiger partial charge in [-0.1, -0.05) is 6.58 Å². The van der Waals surface area contributed by atoms with Crippen molar-refractivity contribution in [3.8, 4) is 11.5 Å². The Morgan fingerprint density at radius 1 is 1.13 bits per heavy atom. The summed E-state index contributed by atoms with van der Waals surface area (Å²) in [7, 11) is 0. The van der Waals surface area contributed by atoms with Crippen LogP contribution in [0.4, 0.5) is 10.2 Å². The van der Waals surface area contributed by atoms with Crippen LogP contribution in [0.1, 0.15) is 18.4 Å². The highest BCUT2D eigenvalue weighted by Gasteiger charge is 2.22. The van der Waals surface area contributed by atoms with Crippen molar-refractivity contribution in [3.63, 3.8) is 0 Å². The molecular formula is C22H21FN8. The van der Waals surface area contributed by atoms with Gasteiger partial charge in [0, 0.05) is 55.2 Å². The molecule has 8 nitrogen and oxygen atoms in total. The Labute approximate surface area is 178 Å². The molecule has 0 aromatic carbocycles. The summed E-state index contributed by atoms with van der Waals surface area (Å²) >= 11 is 0. The lowest BCUT2D eigenvalue weighted by Crippen LogP contribution is -2.41. The molecular weight excluding hydrogens is 395 g/mol. The van der Waals surface area contributed by atoms with E-state index in [4.69, 9.17) is 0 Å². The zero-order valence-corrected chi connectivity index (χ0v) is 16.8. The van der Waals surface area contributed by atoms with Crippen LogP contribution >= 0.6 is 0 Å². The Balaban J connectivity index is 1.33. The molecule has 31 heavy (non-hydrogen) atoms. The summed E-state index contributed by atoms with van der Waals surface area (Å²) in [6, 6.07) is 5.06. The number of hydrogen-bond acceptors (Lipinski definition) is 7. The number of likely N-dealkylation sites (tertiary alicyclic amines) is 1. The van der Waals surface area contributed by atoms with E-state index in [1.807, 2.05) is 6.07 Å². The quantitative estimate of drug-likeness (QED) is 0.535. The predicted molar refractivity (Wildman–Crippen MR) is 115 cm³/mol. The van der Waals surface area contributed by atoms with E-state index in [0.29, 0.717) is 17.2 Å². The van der Waals surface area contributed by atoms with Gasteiger partial charge in [-0.05, 0) is 31.0 Å². The number of rotatable bonds is 5. The van der Waals surface area contributed by atoms with Gasteiger partial charge in [0.25, 0.3) is 0 Å². The Morgan fingerprint density at radius 3 is 2.87 bits per heavy atom. The van der Waals surface area contributed by atoms with Crippen LogP contribution in [0.15, 0.2) is 62.1 Å². The first-order valence-corrected chi connectivity index (χ1v) is 10.1. The van der Waals surface area contributed by atoms with E-state index in [0.717, 1.165) is 43.0 Å². The number of hydrogen-bond donors (Lipinski definition) is 1. The van der Waals surface area contributed by atoms with Crippen molar-refractivity contribution in [2.75, 3.05) is 18.4 Å². The summed E-state index contributed by atoms with van der Waals surface area (Å²) in [5, 5.41) is 3.51. The van der Waals surface area contributed by atoms with Crippen LogP contribution in [0.3, 0.4) is 0 Å². The SMILES string of the molecule is C=C(c1cncnc1)N1CCC[C@@H](Nc2ccnc(-c3cnc4ccc(F)cn34)n2)C1. The number of piperidine rings is 1. The lowest BCUT2D eigenvalue weighted by molar-refractivity contribution is 0.306. The minimum absolute atomic E-state index is 0.206. The van der Waals surface area contributed by atoms with E-state index in [-0.39, 0.29) is 11.9 Å². The summed E-state index contributed by atoms with van der Waals surface area (Å²) in [4.78, 5) is 23.7. The third-order valence-corrected chi connectivity index (χ3v) is 5.40. The fourth-order valence-corrected chi connectivity index (χ4v) is 3.86. The van der Waals surface area contributed by atoms with Crippen molar-refractivity contribution in [1.82, 2.24) is 34.2 Å². The largest absolute Gasteiger partial charge is 0.369 e. The molecule has 0 radical (unpaired) electrons. The van der Waals surface area contributed by atoms with Gasteiger partial charge in [-0.2, -0.15) is 0 Å². The first kappa shape index (κ1) is 19.1. The number of imidazole rings is 1. The number of aromatic nitrogens is 6. The van der Waals surface area contributed by atoms with E-state index in [1.165, 1.54) is 18.6 Å². The van der Waals surface area contributed by atoms with Crippen LogP contribution in [0, 0.1) is 5.82 Å². The molecule has 0 bridgehead atoms. The van der Waals surface area contributed by atoms with Gasteiger partial charge in [-0.25, -0.2) is 29.3 Å². The molecule has 0 amide bonds. The summed E-state index contributed by atoms with van der Waals surface area (Å²) in [5.41, 5.74) is 3.13. The predicted octanol–water partition coefficient (Wildman–Crippen LogP) is 3.27. The molecule has 1 N–H and O–H groups in total. The van der Waals surface area contributed by atoms with E-state index >= 15 is 0 Å². The fourth-order valence-electron chi connectivity index (χ4n) is 3.86. The zero-order valence-electron chi connectivity index (χ0n) is 16.8. The average molecular weight is 416 g/mol. The average Bonchev–Trinajstić information content (AvgIpc) is 3.22. The second-order valence-corrected chi connectivity index (χ2v) is 7.49. The first-order valence-electron chi connectivity index (χ1n) is 10.1. The molecule has 1 aliphatic rings. The minimum Gasteiger partial charge on any atom is -0.369 e. The van der Waals surface area contributed by atoms with Gasteiger partial charge >= 0.3 is 0 Å². The van der Waals surface area contributed by atoms with Crippen LogP contribution in [-0.4, -0.2) is 53.4 Å². The summed E-state index contributed by atoms with van der Waals surface area (Å²) in [6.07, 6.45) is 11.9. The Kier molecular flexibility index (Phi) is 4.99. The van der Waals surface area contributed by atoms with Gasteiger partial charge in [-0.15, -0.1) is 0 Å². The Bertz CT molecular complexity index is 1220. The molecule has 5 heterocycles. The number of pyridine rings is 1. The normalized spacial score (nSPS) is 16.4. The fraction of sp³-hybridized carbons (Fsp3) is 0.227. The number of halogens is 1. The maximum Gasteiger partial charge on any atom is 0.180 e. The lowest BCUT2D eigenvalue weighted by atomic mass is 10.0. The monoisotopic (exact) mass is 416 g/mol. The van der Waals surface area contributed by atoms with Crippen molar-refractivity contribution in [2.24, 2.45) is 0 Å². The molecule has 1 fully saturated rings. The van der Waals surface area contributed by atoms with Gasteiger partial charge in [0.1, 0.15) is 29.3 Å². The second kappa shape index (κ2) is 8.10. The molecule has 0 spiro atoms. The van der Waals surface area contributed by atoms with Gasteiger partial charge in [0.05, 0.1) is 6.20 Å². The third kappa shape index (κ3) is 3.94. The number of anilines is 1. The van der Waals surface area contributed by atoms with Crippen molar-refractivity contribution in [2.45, 2.75) is 18.9 Å². The minimum atomic E-state index is -0.340. The van der Waals surface area contributed by atoms with E-state index in [9.17, 15) is 4.39 Å². The first-order chi connectivity index (χ1) is 15.2. The van der Waals surface area contributed by atoms with Gasteiger partial charge in [0.15, 0.2) is 5.82 Å². The van der Waals surface area contributed by atoms with Crippen molar-refractivity contribution >= 4 is 17.2 Å². The molecule has 1 atom stereocenters. The highest BCUT2D eigenvalue weighted by atomic mass is 19.1. The molecule has 0 aliphatic carbocycles. The highest BCUT2D eigenvalue weighted by molar-refractivity contribution is 5.61. The van der Waals surface area contributed by atoms with Crippen molar-refractivity contribution in [3.05, 3.63) is 73.5 Å². The molecule has 1 aliphatic heterocycles. The van der Waals surface area contributed by atoms with Crippen LogP contribution in [-0.2, 0) is 0 Å². The Hall–Kier alpha value is -3.88. The molecule has 9 heteroatoms. The third-order valence-electron chi connectivity index (χ3n) is 5.40. The van der Waals surface area contributed by atoms with E-state index in [1.54, 1.807) is 35.3 Å². The molecule has 4 aromatic heterocycles. The van der Waals surface area contributed by atoms with Crippen LogP contribution in [0.25, 0.3) is 22.9 Å². The zero-order chi connectivity index (χ0) is 21.2. The van der Waals surface area contributed by atoms with Crippen LogP contribution < -0.4 is 5.32 Å². The Morgan fingerprint density at radius 2 is 2.00 bits per heavy atom. The molecule has 1 saturated heterocycles. The van der Waals surface area contributed by atoms with Crippen molar-refractivity contribution in [1.29, 1.82) is 0 Å². The topological polar surface area (TPSA) is 84.1 Å². The second-order valence-electron chi connectivity index (χ2n) is 7.49. The molecule has 0 saturated carbocycles. The van der Waals surface area contributed by atoms with E-state index in [2.05, 4.69) is 41.7 Å². The maximum atomic E-state index is 13.7. The standard InChI is InChI=1S/C22H21FN8/c1-15(16-9-24-14-25-10-16)30-8-2-3-18(13-30)28-20-6-7-26-22(29-20)19-11-27-21-5-4-17(23)12-31(19)21/h4-7,9-12,14,18H,1-3,8,13H2,(H,26,28,29)/t18-/m1/s1. The van der Waals surface area contributed by atoms with Crippen LogP contribution in [0.2, 0.25) is 0 Å².